The molecule has 1 aromatic heterocycles. The highest BCUT2D eigenvalue weighted by Crippen LogP contribution is 2.20. The van der Waals surface area contributed by atoms with Gasteiger partial charge in [0.2, 0.25) is 0 Å². The molecule has 0 bridgehead atoms. The van der Waals surface area contributed by atoms with Crippen LogP contribution >= 0.6 is 0 Å². The number of hydrogen-bond donors (Lipinski definition) is 1. The van der Waals surface area contributed by atoms with Gasteiger partial charge >= 0.3 is 0 Å². The van der Waals surface area contributed by atoms with Crippen LogP contribution < -0.4 is 5.32 Å². The van der Waals surface area contributed by atoms with Gasteiger partial charge in [-0.15, -0.1) is 0 Å². The molecule has 0 aliphatic rings. The van der Waals surface area contributed by atoms with E-state index in [2.05, 4.69) is 34.7 Å². The summed E-state index contributed by atoms with van der Waals surface area (Å²) in [7, 11) is 1.91. The minimum absolute atomic E-state index is 0.0289. The minimum Gasteiger partial charge on any atom is -0.352 e. The maximum absolute atomic E-state index is 12.6. The molecule has 0 radical (unpaired) electrons. The Kier molecular flexibility index (Phi) is 4.71. The number of nitrogens with one attached hydrogen (secondary N) is 1. The molecule has 0 fully saturated rings. The van der Waals surface area contributed by atoms with Gasteiger partial charge in [0.05, 0.1) is 6.20 Å². The van der Waals surface area contributed by atoms with Crippen molar-refractivity contribution in [3.63, 3.8) is 0 Å². The number of fused-ring (bicyclic) bond motifs is 1. The Hall–Kier alpha value is -3.40. The zero-order valence-electron chi connectivity index (χ0n) is 15.2. The second kappa shape index (κ2) is 7.46. The highest BCUT2D eigenvalue weighted by molar-refractivity contribution is 6.06. The summed E-state index contributed by atoms with van der Waals surface area (Å²) < 4.78 is 1.80. The third-order valence-corrected chi connectivity index (χ3v) is 4.73. The van der Waals surface area contributed by atoms with Gasteiger partial charge in [-0.25, -0.2) is 0 Å². The normalized spacial score (nSPS) is 10.9. The van der Waals surface area contributed by atoms with E-state index in [1.807, 2.05) is 61.9 Å². The molecule has 4 nitrogen and oxygen atoms in total. The largest absolute Gasteiger partial charge is 0.352 e. The zero-order chi connectivity index (χ0) is 18.6. The molecule has 1 N–H and O–H groups in total. The molecule has 1 heterocycles. The molecular weight excluding hydrogens is 334 g/mol. The standard InChI is InChI=1S/C23H21N3O/c1-26-16-20(15-25-26)18-11-9-17(10-12-18)13-14-24-23(27)22-8-4-6-19-5-2-3-7-21(19)22/h2-12,15-16H,13-14H2,1H3,(H,24,27). The maximum Gasteiger partial charge on any atom is 0.251 e. The van der Waals surface area contributed by atoms with E-state index in [0.717, 1.165) is 33.9 Å². The number of hydrogen-bond acceptors (Lipinski definition) is 2. The van der Waals surface area contributed by atoms with Gasteiger partial charge in [0, 0.05) is 30.9 Å². The molecule has 3 aromatic carbocycles. The van der Waals surface area contributed by atoms with E-state index >= 15 is 0 Å². The summed E-state index contributed by atoms with van der Waals surface area (Å²) in [5.41, 5.74) is 4.17. The second-order valence-electron chi connectivity index (χ2n) is 6.63. The van der Waals surface area contributed by atoms with Crippen LogP contribution in [0.1, 0.15) is 15.9 Å². The van der Waals surface area contributed by atoms with Gasteiger partial charge in [-0.3, -0.25) is 9.48 Å². The first-order chi connectivity index (χ1) is 13.2. The monoisotopic (exact) mass is 355 g/mol. The lowest BCUT2D eigenvalue weighted by atomic mass is 10.0. The van der Waals surface area contributed by atoms with Crippen molar-refractivity contribution in [1.82, 2.24) is 15.1 Å². The van der Waals surface area contributed by atoms with Crippen molar-refractivity contribution >= 4 is 16.7 Å². The Morgan fingerprint density at radius 1 is 0.963 bits per heavy atom. The van der Waals surface area contributed by atoms with Gasteiger partial charge in [0.1, 0.15) is 0 Å². The van der Waals surface area contributed by atoms with Crippen LogP contribution in [0.15, 0.2) is 79.1 Å². The van der Waals surface area contributed by atoms with E-state index in [9.17, 15) is 4.79 Å². The average Bonchev–Trinajstić information content (AvgIpc) is 3.14. The van der Waals surface area contributed by atoms with Crippen molar-refractivity contribution < 1.29 is 4.79 Å². The molecule has 0 atom stereocenters. The summed E-state index contributed by atoms with van der Waals surface area (Å²) >= 11 is 0. The first-order valence-corrected chi connectivity index (χ1v) is 9.04. The maximum atomic E-state index is 12.6. The predicted octanol–water partition coefficient (Wildman–Crippen LogP) is 4.21. The number of amides is 1. The predicted molar refractivity (Wildman–Crippen MR) is 109 cm³/mol. The fourth-order valence-electron chi connectivity index (χ4n) is 3.27. The SMILES string of the molecule is Cn1cc(-c2ccc(CCNC(=O)c3cccc4ccccc34)cc2)cn1. The summed E-state index contributed by atoms with van der Waals surface area (Å²) in [6.45, 7) is 0.605. The number of aromatic nitrogens is 2. The quantitative estimate of drug-likeness (QED) is 0.583. The average molecular weight is 355 g/mol. The summed E-state index contributed by atoms with van der Waals surface area (Å²) in [6.07, 6.45) is 4.66. The third kappa shape index (κ3) is 3.75. The lowest BCUT2D eigenvalue weighted by Gasteiger charge is -2.08. The van der Waals surface area contributed by atoms with Crippen molar-refractivity contribution in [2.45, 2.75) is 6.42 Å². The molecule has 0 saturated heterocycles. The van der Waals surface area contributed by atoms with Crippen molar-refractivity contribution in [3.05, 3.63) is 90.3 Å². The molecule has 0 aliphatic heterocycles. The molecule has 0 aliphatic carbocycles. The molecule has 4 aromatic rings. The number of carbonyl (C=O) groups is 1. The molecule has 4 rings (SSSR count). The van der Waals surface area contributed by atoms with E-state index < -0.39 is 0 Å². The topological polar surface area (TPSA) is 46.9 Å². The third-order valence-electron chi connectivity index (χ3n) is 4.73. The van der Waals surface area contributed by atoms with E-state index in [0.29, 0.717) is 6.54 Å². The Balaban J connectivity index is 1.38. The van der Waals surface area contributed by atoms with Crippen LogP contribution in [0.5, 0.6) is 0 Å². The second-order valence-corrected chi connectivity index (χ2v) is 6.63. The zero-order valence-corrected chi connectivity index (χ0v) is 15.2. The molecular formula is C23H21N3O. The van der Waals surface area contributed by atoms with Crippen molar-refractivity contribution in [2.75, 3.05) is 6.54 Å². The molecule has 0 saturated carbocycles. The highest BCUT2D eigenvalue weighted by atomic mass is 16.1. The van der Waals surface area contributed by atoms with Crippen LogP contribution in [0.25, 0.3) is 21.9 Å². The Bertz CT molecular complexity index is 1070. The van der Waals surface area contributed by atoms with Gasteiger partial charge in [0.15, 0.2) is 0 Å². The van der Waals surface area contributed by atoms with Gasteiger partial charge in [-0.2, -0.15) is 5.10 Å². The molecule has 1 amide bonds. The van der Waals surface area contributed by atoms with Gasteiger partial charge in [0.25, 0.3) is 5.91 Å². The number of rotatable bonds is 5. The molecule has 27 heavy (non-hydrogen) atoms. The first kappa shape index (κ1) is 17.0. The number of nitrogens with zero attached hydrogens (tertiary/aromatic N) is 2. The van der Waals surface area contributed by atoms with E-state index in [4.69, 9.17) is 0 Å². The molecule has 134 valence electrons. The van der Waals surface area contributed by atoms with E-state index in [1.165, 1.54) is 5.56 Å². The van der Waals surface area contributed by atoms with Crippen LogP contribution in [-0.4, -0.2) is 22.2 Å². The Morgan fingerprint density at radius 3 is 2.52 bits per heavy atom. The molecule has 4 heteroatoms. The lowest BCUT2D eigenvalue weighted by molar-refractivity contribution is 0.0956. The first-order valence-electron chi connectivity index (χ1n) is 9.04. The van der Waals surface area contributed by atoms with Crippen LogP contribution in [-0.2, 0) is 13.5 Å². The van der Waals surface area contributed by atoms with Crippen LogP contribution in [0, 0.1) is 0 Å². The van der Waals surface area contributed by atoms with Crippen molar-refractivity contribution in [2.24, 2.45) is 7.05 Å². The number of aryl methyl sites for hydroxylation is 1. The van der Waals surface area contributed by atoms with Crippen LogP contribution in [0.3, 0.4) is 0 Å². The van der Waals surface area contributed by atoms with E-state index in [1.54, 1.807) is 4.68 Å². The minimum atomic E-state index is -0.0289. The van der Waals surface area contributed by atoms with Gasteiger partial charge in [-0.05, 0) is 34.4 Å². The van der Waals surface area contributed by atoms with Crippen LogP contribution in [0.4, 0.5) is 0 Å². The van der Waals surface area contributed by atoms with Gasteiger partial charge < -0.3 is 5.32 Å². The Morgan fingerprint density at radius 2 is 1.74 bits per heavy atom. The fraction of sp³-hybridized carbons (Fsp3) is 0.130. The van der Waals surface area contributed by atoms with Crippen molar-refractivity contribution in [3.8, 4) is 11.1 Å². The van der Waals surface area contributed by atoms with E-state index in [-0.39, 0.29) is 5.91 Å². The smallest absolute Gasteiger partial charge is 0.251 e. The summed E-state index contributed by atoms with van der Waals surface area (Å²) in [5.74, 6) is -0.0289. The van der Waals surface area contributed by atoms with Crippen LogP contribution in [0.2, 0.25) is 0 Å². The number of benzene rings is 3. The molecule has 0 spiro atoms. The Labute approximate surface area is 158 Å². The van der Waals surface area contributed by atoms with Gasteiger partial charge in [-0.1, -0.05) is 60.7 Å². The summed E-state index contributed by atoms with van der Waals surface area (Å²) in [5, 5.41) is 9.31. The summed E-state index contributed by atoms with van der Waals surface area (Å²) in [6, 6.07) is 22.2. The number of carbonyl (C=O) groups excluding carboxylic acids is 1. The van der Waals surface area contributed by atoms with Crippen molar-refractivity contribution in [1.29, 1.82) is 0 Å². The fourth-order valence-corrected chi connectivity index (χ4v) is 3.27. The molecule has 0 unspecified atom stereocenters. The lowest BCUT2D eigenvalue weighted by Crippen LogP contribution is -2.25. The summed E-state index contributed by atoms with van der Waals surface area (Å²) in [4.78, 5) is 12.6. The highest BCUT2D eigenvalue weighted by Gasteiger charge is 2.09.